The molecule has 0 bridgehead atoms. The molecule has 0 aromatic heterocycles. The van der Waals surface area contributed by atoms with Crippen LogP contribution in [0.3, 0.4) is 0 Å². The summed E-state index contributed by atoms with van der Waals surface area (Å²) in [6, 6.07) is 0. The van der Waals surface area contributed by atoms with E-state index < -0.39 is 0 Å². The molecular weight excluding hydrogens is 188 g/mol. The van der Waals surface area contributed by atoms with Gasteiger partial charge in [-0.05, 0) is 25.3 Å². The highest BCUT2D eigenvalue weighted by Gasteiger charge is 2.27. The maximum atomic E-state index is 11.3. The van der Waals surface area contributed by atoms with E-state index in [1.165, 1.54) is 6.92 Å². The Balaban J connectivity index is 3.19. The summed E-state index contributed by atoms with van der Waals surface area (Å²) in [7, 11) is 0. The van der Waals surface area contributed by atoms with Crippen LogP contribution in [0.25, 0.3) is 0 Å². The standard InChI is InChI=1S/C13H18O2/c1-5-13(3,4)11-8-6-7-10(9(2)14)12(11)15/h5,7,15H,1,6,8H2,2-4H3. The van der Waals surface area contributed by atoms with Crippen LogP contribution in [0.2, 0.25) is 0 Å². The van der Waals surface area contributed by atoms with Gasteiger partial charge in [0.15, 0.2) is 5.78 Å². The van der Waals surface area contributed by atoms with E-state index in [-0.39, 0.29) is 17.0 Å². The van der Waals surface area contributed by atoms with Crippen molar-refractivity contribution in [3.8, 4) is 0 Å². The van der Waals surface area contributed by atoms with Gasteiger partial charge >= 0.3 is 0 Å². The Morgan fingerprint density at radius 1 is 1.60 bits per heavy atom. The molecule has 0 fully saturated rings. The topological polar surface area (TPSA) is 37.3 Å². The smallest absolute Gasteiger partial charge is 0.163 e. The lowest BCUT2D eigenvalue weighted by atomic mass is 9.77. The summed E-state index contributed by atoms with van der Waals surface area (Å²) < 4.78 is 0. The molecule has 1 aliphatic rings. The molecule has 0 aliphatic heterocycles. The van der Waals surface area contributed by atoms with Crippen LogP contribution in [0.5, 0.6) is 0 Å². The lowest BCUT2D eigenvalue weighted by molar-refractivity contribution is -0.113. The fraction of sp³-hybridized carbons (Fsp3) is 0.462. The van der Waals surface area contributed by atoms with Crippen molar-refractivity contribution in [2.45, 2.75) is 33.6 Å². The predicted octanol–water partition coefficient (Wildman–Crippen LogP) is 3.32. The second-order valence-corrected chi connectivity index (χ2v) is 4.47. The maximum absolute atomic E-state index is 11.3. The zero-order valence-corrected chi connectivity index (χ0v) is 9.63. The van der Waals surface area contributed by atoms with Gasteiger partial charge in [0.05, 0.1) is 5.57 Å². The minimum Gasteiger partial charge on any atom is -0.507 e. The molecule has 0 radical (unpaired) electrons. The molecule has 0 saturated heterocycles. The molecule has 1 rings (SSSR count). The molecule has 1 aliphatic carbocycles. The number of aliphatic hydroxyl groups excluding tert-OH is 1. The number of aliphatic hydroxyl groups is 1. The summed E-state index contributed by atoms with van der Waals surface area (Å²) in [6.07, 6.45) is 5.22. The third-order valence-electron chi connectivity index (χ3n) is 2.95. The first-order valence-electron chi connectivity index (χ1n) is 5.18. The number of ketones is 1. The van der Waals surface area contributed by atoms with Gasteiger partial charge in [-0.2, -0.15) is 0 Å². The Kier molecular flexibility index (Phi) is 3.18. The molecule has 0 heterocycles. The van der Waals surface area contributed by atoms with Crippen molar-refractivity contribution in [3.05, 3.63) is 35.6 Å². The van der Waals surface area contributed by atoms with Crippen LogP contribution in [0.15, 0.2) is 35.6 Å². The van der Waals surface area contributed by atoms with Crippen LogP contribution >= 0.6 is 0 Å². The second-order valence-electron chi connectivity index (χ2n) is 4.47. The van der Waals surface area contributed by atoms with E-state index in [4.69, 9.17) is 0 Å². The highest BCUT2D eigenvalue weighted by Crippen LogP contribution is 2.37. The Morgan fingerprint density at radius 3 is 2.67 bits per heavy atom. The highest BCUT2D eigenvalue weighted by molar-refractivity contribution is 5.97. The van der Waals surface area contributed by atoms with Crippen LogP contribution in [-0.4, -0.2) is 10.9 Å². The van der Waals surface area contributed by atoms with Gasteiger partial charge in [-0.15, -0.1) is 6.58 Å². The van der Waals surface area contributed by atoms with Crippen LogP contribution in [0, 0.1) is 5.41 Å². The van der Waals surface area contributed by atoms with Crippen LogP contribution in [-0.2, 0) is 4.79 Å². The number of Topliss-reactive ketones (excluding diaryl/α,β-unsaturated/α-hetero) is 1. The van der Waals surface area contributed by atoms with E-state index in [1.54, 1.807) is 6.08 Å². The Labute approximate surface area is 91.0 Å². The number of hydrogen-bond acceptors (Lipinski definition) is 2. The highest BCUT2D eigenvalue weighted by atomic mass is 16.3. The van der Waals surface area contributed by atoms with E-state index in [0.29, 0.717) is 5.57 Å². The maximum Gasteiger partial charge on any atom is 0.163 e. The molecule has 0 unspecified atom stereocenters. The Bertz CT molecular complexity index is 357. The van der Waals surface area contributed by atoms with Crippen molar-refractivity contribution in [2.75, 3.05) is 0 Å². The fourth-order valence-corrected chi connectivity index (χ4v) is 1.80. The summed E-state index contributed by atoms with van der Waals surface area (Å²) in [6.45, 7) is 9.23. The molecule has 82 valence electrons. The van der Waals surface area contributed by atoms with Crippen LogP contribution < -0.4 is 0 Å². The van der Waals surface area contributed by atoms with Crippen molar-refractivity contribution < 1.29 is 9.90 Å². The van der Waals surface area contributed by atoms with Crippen molar-refractivity contribution in [2.24, 2.45) is 5.41 Å². The fourth-order valence-electron chi connectivity index (χ4n) is 1.80. The summed E-state index contributed by atoms with van der Waals surface area (Å²) in [5, 5.41) is 10.0. The first-order chi connectivity index (χ1) is 6.90. The van der Waals surface area contributed by atoms with Gasteiger partial charge in [-0.1, -0.05) is 26.0 Å². The molecule has 0 atom stereocenters. The summed E-state index contributed by atoms with van der Waals surface area (Å²) in [4.78, 5) is 11.3. The quantitative estimate of drug-likeness (QED) is 0.719. The lowest BCUT2D eigenvalue weighted by Crippen LogP contribution is -2.18. The lowest BCUT2D eigenvalue weighted by Gasteiger charge is -2.28. The van der Waals surface area contributed by atoms with Crippen molar-refractivity contribution in [3.63, 3.8) is 0 Å². The molecule has 2 nitrogen and oxygen atoms in total. The van der Waals surface area contributed by atoms with Gasteiger partial charge < -0.3 is 5.11 Å². The first kappa shape index (κ1) is 11.8. The predicted molar refractivity (Wildman–Crippen MR) is 61.6 cm³/mol. The Morgan fingerprint density at radius 2 is 2.20 bits per heavy atom. The second kappa shape index (κ2) is 4.05. The Hall–Kier alpha value is -1.31. The van der Waals surface area contributed by atoms with Gasteiger partial charge in [0.25, 0.3) is 0 Å². The SMILES string of the molecule is C=CC(C)(C)C1=C(O)C(C(C)=O)=CCC1. The first-order valence-corrected chi connectivity index (χ1v) is 5.18. The van der Waals surface area contributed by atoms with Crippen molar-refractivity contribution in [1.29, 1.82) is 0 Å². The van der Waals surface area contributed by atoms with E-state index in [1.807, 2.05) is 19.9 Å². The largest absolute Gasteiger partial charge is 0.507 e. The molecule has 15 heavy (non-hydrogen) atoms. The minimum atomic E-state index is -0.251. The number of rotatable bonds is 3. The van der Waals surface area contributed by atoms with E-state index >= 15 is 0 Å². The number of carbonyl (C=O) groups excluding carboxylic acids is 1. The minimum absolute atomic E-state index is 0.0791. The van der Waals surface area contributed by atoms with E-state index in [9.17, 15) is 9.90 Å². The third kappa shape index (κ3) is 2.20. The molecule has 0 amide bonds. The van der Waals surface area contributed by atoms with E-state index in [2.05, 4.69) is 6.58 Å². The van der Waals surface area contributed by atoms with Crippen molar-refractivity contribution in [1.82, 2.24) is 0 Å². The molecular formula is C13H18O2. The number of carbonyl (C=O) groups is 1. The zero-order valence-electron chi connectivity index (χ0n) is 9.63. The van der Waals surface area contributed by atoms with Gasteiger partial charge in [0.1, 0.15) is 5.76 Å². The van der Waals surface area contributed by atoms with Gasteiger partial charge in [0.2, 0.25) is 0 Å². The zero-order chi connectivity index (χ0) is 11.6. The summed E-state index contributed by atoms with van der Waals surface area (Å²) in [5.74, 6) is 0.0724. The van der Waals surface area contributed by atoms with Crippen molar-refractivity contribution >= 4 is 5.78 Å². The normalized spacial score (nSPS) is 17.4. The molecule has 0 aromatic rings. The number of hydrogen-bond donors (Lipinski definition) is 1. The molecule has 1 N–H and O–H groups in total. The van der Waals surface area contributed by atoms with Crippen LogP contribution in [0.4, 0.5) is 0 Å². The molecule has 0 aromatic carbocycles. The molecule has 0 saturated carbocycles. The van der Waals surface area contributed by atoms with Gasteiger partial charge in [-0.25, -0.2) is 0 Å². The molecule has 2 heteroatoms. The summed E-state index contributed by atoms with van der Waals surface area (Å²) >= 11 is 0. The monoisotopic (exact) mass is 206 g/mol. The average molecular weight is 206 g/mol. The third-order valence-corrected chi connectivity index (χ3v) is 2.95. The van der Waals surface area contributed by atoms with E-state index in [0.717, 1.165) is 18.4 Å². The van der Waals surface area contributed by atoms with Crippen LogP contribution in [0.1, 0.15) is 33.6 Å². The summed E-state index contributed by atoms with van der Waals surface area (Å²) in [5.41, 5.74) is 1.11. The van der Waals surface area contributed by atoms with Gasteiger partial charge in [-0.3, -0.25) is 4.79 Å². The van der Waals surface area contributed by atoms with Gasteiger partial charge in [0, 0.05) is 5.41 Å². The molecule has 0 spiro atoms. The number of allylic oxidation sites excluding steroid dienone is 4. The average Bonchev–Trinajstić information content (AvgIpc) is 2.17.